The molecule has 2 aliphatic heterocycles. The summed E-state index contributed by atoms with van der Waals surface area (Å²) < 4.78 is 69.8. The van der Waals surface area contributed by atoms with Gasteiger partial charge in [0, 0.05) is 44.4 Å². The summed E-state index contributed by atoms with van der Waals surface area (Å²) in [5, 5.41) is 8.20. The van der Waals surface area contributed by atoms with Gasteiger partial charge in [-0.3, -0.25) is 14.7 Å². The average Bonchev–Trinajstić information content (AvgIpc) is 3.65. The van der Waals surface area contributed by atoms with Crippen molar-refractivity contribution < 1.29 is 31.8 Å². The van der Waals surface area contributed by atoms with Crippen LogP contribution in [0.1, 0.15) is 45.2 Å². The van der Waals surface area contributed by atoms with Gasteiger partial charge in [-0.1, -0.05) is 17.7 Å². The topological polar surface area (TPSA) is 127 Å². The minimum absolute atomic E-state index is 0.0134. The van der Waals surface area contributed by atoms with E-state index in [0.29, 0.717) is 61.0 Å². The van der Waals surface area contributed by atoms with Gasteiger partial charge in [0.1, 0.15) is 29.5 Å². The highest BCUT2D eigenvalue weighted by Gasteiger charge is 2.37. The molecule has 6 heterocycles. The summed E-state index contributed by atoms with van der Waals surface area (Å²) in [5.41, 5.74) is 1.82. The van der Waals surface area contributed by atoms with E-state index in [0.717, 1.165) is 29.9 Å². The number of aromatic nitrogens is 7. The number of carbonyl (C=O) groups excluding carboxylic acids is 1. The van der Waals surface area contributed by atoms with Crippen LogP contribution in [0, 0.1) is 5.82 Å². The lowest BCUT2D eigenvalue weighted by atomic mass is 10.0. The molecule has 0 saturated carbocycles. The lowest BCUT2D eigenvalue weighted by Gasteiger charge is -2.30. The van der Waals surface area contributed by atoms with Gasteiger partial charge in [-0.2, -0.15) is 13.2 Å². The number of H-pyrrole nitrogens is 1. The molecule has 0 radical (unpaired) electrons. The van der Waals surface area contributed by atoms with Crippen molar-refractivity contribution in [3.63, 3.8) is 0 Å². The summed E-state index contributed by atoms with van der Waals surface area (Å²) in [4.78, 5) is 32.4. The highest BCUT2D eigenvalue weighted by Crippen LogP contribution is 2.38. The molecule has 1 fully saturated rings. The smallest absolute Gasteiger partial charge is 0.421 e. The second-order valence-electron chi connectivity index (χ2n) is 12.1. The second kappa shape index (κ2) is 13.0. The van der Waals surface area contributed by atoms with Gasteiger partial charge in [-0.25, -0.2) is 14.4 Å². The molecule has 49 heavy (non-hydrogen) atoms. The maximum atomic E-state index is 14.3. The monoisotopic (exact) mass is 699 g/mol. The van der Waals surface area contributed by atoms with Crippen molar-refractivity contribution in [2.75, 3.05) is 27.2 Å². The number of nitrogens with one attached hydrogen (secondary N) is 1. The first-order valence-corrected chi connectivity index (χ1v) is 15.8. The molecule has 0 spiro atoms. The van der Waals surface area contributed by atoms with Crippen molar-refractivity contribution in [3.05, 3.63) is 81.4 Å². The van der Waals surface area contributed by atoms with E-state index >= 15 is 0 Å². The number of carbonyl (C=O) groups is 1. The van der Waals surface area contributed by atoms with Crippen LogP contribution in [0.4, 0.5) is 17.6 Å². The number of pyridine rings is 2. The summed E-state index contributed by atoms with van der Waals surface area (Å²) >= 11 is 5.81. The molecule has 17 heteroatoms. The van der Waals surface area contributed by atoms with Gasteiger partial charge in [0.25, 0.3) is 5.91 Å². The molecule has 1 N–H and O–H groups in total. The first-order valence-electron chi connectivity index (χ1n) is 15.4. The van der Waals surface area contributed by atoms with E-state index in [4.69, 9.17) is 26.1 Å². The van der Waals surface area contributed by atoms with Crippen LogP contribution in [0.2, 0.25) is 5.02 Å². The fraction of sp³-hybridized carbons (Fsp3) is 0.375. The number of ether oxygens (including phenoxy) is 2. The number of benzene rings is 1. The summed E-state index contributed by atoms with van der Waals surface area (Å²) in [6.07, 6.45) is -1.79. The number of aromatic amines is 1. The number of amides is 1. The number of nitrogens with zero attached hydrogens (tertiary/aromatic N) is 8. The summed E-state index contributed by atoms with van der Waals surface area (Å²) in [6.45, 7) is 1.86. The standard InChI is InChI=1S/C32H30ClF4N9O3/c1-44(2)31(47)29-41-28(42-43-29)24-11-23-26(12-38-24)46(13-20-6-8-48-20)27(39-23)15-45-7-5-17-9-21(32(35,36)37)30(40-25(17)14-45)49-16-18-3-4-19(33)10-22(18)34/h3-4,9-12,20H,5-8,13-16H2,1-2H3,(H,41,42,43)/t20-/m0/s1. The van der Waals surface area contributed by atoms with E-state index < -0.39 is 30.0 Å². The van der Waals surface area contributed by atoms with Crippen LogP contribution in [0.15, 0.2) is 36.5 Å². The Morgan fingerprint density at radius 2 is 2.00 bits per heavy atom. The molecule has 1 amide bonds. The zero-order valence-electron chi connectivity index (χ0n) is 26.4. The van der Waals surface area contributed by atoms with Gasteiger partial charge in [-0.15, -0.1) is 10.2 Å². The molecule has 7 rings (SSSR count). The highest BCUT2D eigenvalue weighted by molar-refractivity contribution is 6.30. The van der Waals surface area contributed by atoms with Crippen molar-refractivity contribution >= 4 is 28.5 Å². The van der Waals surface area contributed by atoms with E-state index in [1.807, 2.05) is 4.57 Å². The molecule has 4 aromatic heterocycles. The van der Waals surface area contributed by atoms with Crippen molar-refractivity contribution in [2.45, 2.75) is 51.4 Å². The Morgan fingerprint density at radius 1 is 1.18 bits per heavy atom. The summed E-state index contributed by atoms with van der Waals surface area (Å²) in [6, 6.07) is 6.71. The van der Waals surface area contributed by atoms with Crippen molar-refractivity contribution in [2.24, 2.45) is 0 Å². The van der Waals surface area contributed by atoms with E-state index in [2.05, 4.69) is 30.0 Å². The number of alkyl halides is 3. The molecule has 0 bridgehead atoms. The van der Waals surface area contributed by atoms with Crippen LogP contribution < -0.4 is 4.74 Å². The second-order valence-corrected chi connectivity index (χ2v) is 12.6. The first kappa shape index (κ1) is 32.9. The summed E-state index contributed by atoms with van der Waals surface area (Å²) in [5.74, 6) is -0.503. The van der Waals surface area contributed by atoms with Crippen LogP contribution >= 0.6 is 11.6 Å². The van der Waals surface area contributed by atoms with Gasteiger partial charge >= 0.3 is 6.18 Å². The number of hydrogen-bond donors (Lipinski definition) is 1. The maximum absolute atomic E-state index is 14.3. The highest BCUT2D eigenvalue weighted by atomic mass is 35.5. The molecular formula is C32H30ClF4N9O3. The van der Waals surface area contributed by atoms with Crippen LogP contribution in [-0.2, 0) is 43.6 Å². The Balaban J connectivity index is 1.15. The van der Waals surface area contributed by atoms with Crippen molar-refractivity contribution in [3.8, 4) is 17.4 Å². The lowest BCUT2D eigenvalue weighted by molar-refractivity contribution is -0.139. The normalized spacial score (nSPS) is 16.4. The predicted octanol–water partition coefficient (Wildman–Crippen LogP) is 5.05. The minimum atomic E-state index is -4.72. The van der Waals surface area contributed by atoms with Crippen LogP contribution in [0.25, 0.3) is 22.6 Å². The Labute approximate surface area is 282 Å². The van der Waals surface area contributed by atoms with Gasteiger partial charge in [0.15, 0.2) is 5.82 Å². The predicted molar refractivity (Wildman–Crippen MR) is 168 cm³/mol. The zero-order chi connectivity index (χ0) is 34.4. The minimum Gasteiger partial charge on any atom is -0.472 e. The van der Waals surface area contributed by atoms with Crippen molar-refractivity contribution in [1.29, 1.82) is 0 Å². The zero-order valence-corrected chi connectivity index (χ0v) is 27.1. The number of imidazole rings is 1. The van der Waals surface area contributed by atoms with Gasteiger partial charge in [0.05, 0.1) is 42.1 Å². The third-order valence-electron chi connectivity index (χ3n) is 8.51. The quantitative estimate of drug-likeness (QED) is 0.210. The van der Waals surface area contributed by atoms with Gasteiger partial charge in [0.2, 0.25) is 11.7 Å². The third-order valence-corrected chi connectivity index (χ3v) is 8.74. The van der Waals surface area contributed by atoms with Crippen LogP contribution in [0.5, 0.6) is 5.88 Å². The van der Waals surface area contributed by atoms with E-state index in [1.54, 1.807) is 26.4 Å². The van der Waals surface area contributed by atoms with E-state index in [1.165, 1.54) is 17.0 Å². The fourth-order valence-corrected chi connectivity index (χ4v) is 5.93. The first-order chi connectivity index (χ1) is 23.4. The third kappa shape index (κ3) is 6.80. The molecule has 256 valence electrons. The number of fused-ring (bicyclic) bond motifs is 2. The lowest BCUT2D eigenvalue weighted by Crippen LogP contribution is -2.34. The van der Waals surface area contributed by atoms with E-state index in [9.17, 15) is 22.4 Å². The Hall–Kier alpha value is -4.67. The largest absolute Gasteiger partial charge is 0.472 e. The number of hydrogen-bond acceptors (Lipinski definition) is 9. The van der Waals surface area contributed by atoms with Crippen molar-refractivity contribution in [1.82, 2.24) is 44.5 Å². The molecule has 1 saturated heterocycles. The molecular weight excluding hydrogens is 670 g/mol. The molecule has 0 aliphatic carbocycles. The molecule has 1 aromatic carbocycles. The number of halogens is 5. The van der Waals surface area contributed by atoms with Crippen LogP contribution in [-0.4, -0.2) is 83.8 Å². The van der Waals surface area contributed by atoms with E-state index in [-0.39, 0.29) is 35.0 Å². The molecule has 2 aliphatic rings. The maximum Gasteiger partial charge on any atom is 0.421 e. The average molecular weight is 700 g/mol. The molecule has 12 nitrogen and oxygen atoms in total. The fourth-order valence-electron chi connectivity index (χ4n) is 5.77. The SMILES string of the molecule is CN(C)C(=O)c1nnc(-c2cc3nc(CN4CCc5cc(C(F)(F)F)c(OCc6ccc(Cl)cc6F)nc5C4)n(C[C@@H]4CCO4)c3cn2)[nH]1. The van der Waals surface area contributed by atoms with Gasteiger partial charge < -0.3 is 23.9 Å². The molecule has 5 aromatic rings. The summed E-state index contributed by atoms with van der Waals surface area (Å²) in [7, 11) is 3.23. The Kier molecular flexibility index (Phi) is 8.71. The number of rotatable bonds is 9. The Morgan fingerprint density at radius 3 is 2.71 bits per heavy atom. The molecule has 0 unspecified atom stereocenters. The molecule has 1 atom stereocenters. The van der Waals surface area contributed by atoms with Crippen LogP contribution in [0.3, 0.4) is 0 Å². The van der Waals surface area contributed by atoms with Gasteiger partial charge in [-0.05, 0) is 42.7 Å². The Bertz CT molecular complexity index is 2040.